The van der Waals surface area contributed by atoms with Crippen molar-refractivity contribution in [2.24, 2.45) is 11.3 Å². The van der Waals surface area contributed by atoms with Crippen molar-refractivity contribution >= 4 is 17.1 Å². The Bertz CT molecular complexity index is 439. The summed E-state index contributed by atoms with van der Waals surface area (Å²) in [7, 11) is 0. The van der Waals surface area contributed by atoms with Gasteiger partial charge in [0.2, 0.25) is 0 Å². The molecule has 106 valence electrons. The van der Waals surface area contributed by atoms with E-state index < -0.39 is 0 Å². The number of aryl methyl sites for hydroxylation is 2. The quantitative estimate of drug-likeness (QED) is 0.922. The van der Waals surface area contributed by atoms with Crippen LogP contribution in [0, 0.1) is 25.2 Å². The van der Waals surface area contributed by atoms with Gasteiger partial charge in [0.05, 0.1) is 12.1 Å². The first kappa shape index (κ1) is 14.7. The van der Waals surface area contributed by atoms with E-state index in [-0.39, 0.29) is 5.41 Å². The highest BCUT2D eigenvalue weighted by Crippen LogP contribution is 2.34. The summed E-state index contributed by atoms with van der Waals surface area (Å²) in [5, 5.41) is 4.38. The summed E-state index contributed by atoms with van der Waals surface area (Å²) >= 11 is 1.66. The van der Waals surface area contributed by atoms with Crippen LogP contribution in [0.25, 0.3) is 0 Å². The van der Waals surface area contributed by atoms with Crippen LogP contribution in [0.15, 0.2) is 0 Å². The summed E-state index contributed by atoms with van der Waals surface area (Å²) < 4.78 is 0. The number of piperidine rings is 1. The molecule has 1 atom stereocenters. The molecule has 1 aliphatic rings. The Kier molecular flexibility index (Phi) is 4.41. The largest absolute Gasteiger partial charge is 0.316 e. The molecular formula is C15H24N2OS. The van der Waals surface area contributed by atoms with Crippen LogP contribution in [0.1, 0.15) is 42.3 Å². The second-order valence-corrected chi connectivity index (χ2v) is 7.40. The minimum absolute atomic E-state index is 0.249. The number of ketones is 1. The lowest BCUT2D eigenvalue weighted by atomic mass is 9.71. The second-order valence-electron chi connectivity index (χ2n) is 6.11. The van der Waals surface area contributed by atoms with Crippen molar-refractivity contribution in [1.82, 2.24) is 10.3 Å². The maximum atomic E-state index is 12.6. The number of Topliss-reactive ketones (excluding diaryl/α,β-unsaturated/α-hetero) is 1. The van der Waals surface area contributed by atoms with E-state index in [2.05, 4.69) is 31.1 Å². The third kappa shape index (κ3) is 3.23. The number of carbonyl (C=O) groups excluding carboxylic acids is 1. The zero-order chi connectivity index (χ0) is 14.0. The molecule has 0 amide bonds. The molecule has 2 heterocycles. The van der Waals surface area contributed by atoms with Gasteiger partial charge in [0, 0.05) is 10.3 Å². The summed E-state index contributed by atoms with van der Waals surface area (Å²) in [6.45, 7) is 10.3. The molecule has 0 radical (unpaired) electrons. The van der Waals surface area contributed by atoms with Crippen molar-refractivity contribution in [1.29, 1.82) is 0 Å². The molecule has 0 aliphatic carbocycles. The predicted molar refractivity (Wildman–Crippen MR) is 79.7 cm³/mol. The van der Waals surface area contributed by atoms with E-state index in [0.29, 0.717) is 18.1 Å². The molecule has 1 N–H and O–H groups in total. The SMILES string of the molecule is Cc1nc(CC(=O)C(C)(C)C2CCCNC2)sc1C. The predicted octanol–water partition coefficient (Wildman–Crippen LogP) is 2.90. The molecule has 0 saturated carbocycles. The van der Waals surface area contributed by atoms with Crippen LogP contribution in [0.4, 0.5) is 0 Å². The number of nitrogens with zero attached hydrogens (tertiary/aromatic N) is 1. The zero-order valence-electron chi connectivity index (χ0n) is 12.4. The Labute approximate surface area is 119 Å². The van der Waals surface area contributed by atoms with Gasteiger partial charge in [-0.25, -0.2) is 4.98 Å². The van der Waals surface area contributed by atoms with E-state index in [0.717, 1.165) is 30.2 Å². The molecule has 1 aromatic heterocycles. The number of carbonyl (C=O) groups is 1. The molecular weight excluding hydrogens is 256 g/mol. The average Bonchev–Trinajstić information content (AvgIpc) is 2.69. The van der Waals surface area contributed by atoms with E-state index >= 15 is 0 Å². The number of rotatable bonds is 4. The fraction of sp³-hybridized carbons (Fsp3) is 0.733. The van der Waals surface area contributed by atoms with Crippen molar-refractivity contribution in [3.8, 4) is 0 Å². The van der Waals surface area contributed by atoms with E-state index in [1.807, 2.05) is 6.92 Å². The van der Waals surface area contributed by atoms with E-state index in [1.54, 1.807) is 11.3 Å². The molecule has 1 saturated heterocycles. The number of nitrogens with one attached hydrogen (secondary N) is 1. The van der Waals surface area contributed by atoms with Gasteiger partial charge in [-0.3, -0.25) is 4.79 Å². The topological polar surface area (TPSA) is 42.0 Å². The standard InChI is InChI=1S/C15H24N2OS/c1-10-11(2)19-14(17-10)8-13(18)15(3,4)12-6-5-7-16-9-12/h12,16H,5-9H2,1-4H3. The van der Waals surface area contributed by atoms with Gasteiger partial charge in [0.15, 0.2) is 0 Å². The highest BCUT2D eigenvalue weighted by molar-refractivity contribution is 7.11. The third-order valence-electron chi connectivity index (χ3n) is 4.42. The van der Waals surface area contributed by atoms with Crippen molar-refractivity contribution in [3.63, 3.8) is 0 Å². The Balaban J connectivity index is 2.05. The smallest absolute Gasteiger partial charge is 0.145 e. The molecule has 4 heteroatoms. The molecule has 1 unspecified atom stereocenters. The maximum absolute atomic E-state index is 12.6. The van der Waals surface area contributed by atoms with Crippen LogP contribution in [0.3, 0.4) is 0 Å². The zero-order valence-corrected chi connectivity index (χ0v) is 13.2. The molecule has 0 bridgehead atoms. The molecule has 1 aromatic rings. The second kappa shape index (κ2) is 5.71. The molecule has 19 heavy (non-hydrogen) atoms. The minimum Gasteiger partial charge on any atom is -0.316 e. The first-order valence-corrected chi connectivity index (χ1v) is 7.90. The number of aromatic nitrogens is 1. The van der Waals surface area contributed by atoms with Gasteiger partial charge in [0.1, 0.15) is 10.8 Å². The fourth-order valence-corrected chi connectivity index (χ4v) is 3.61. The van der Waals surface area contributed by atoms with Crippen molar-refractivity contribution in [2.45, 2.75) is 47.0 Å². The van der Waals surface area contributed by atoms with Crippen LogP contribution in [0.2, 0.25) is 0 Å². The van der Waals surface area contributed by atoms with E-state index in [9.17, 15) is 4.79 Å². The molecule has 1 fully saturated rings. The normalized spacial score (nSPS) is 20.5. The fourth-order valence-electron chi connectivity index (χ4n) is 2.68. The van der Waals surface area contributed by atoms with E-state index in [1.165, 1.54) is 11.3 Å². The Morgan fingerprint density at radius 1 is 1.47 bits per heavy atom. The van der Waals surface area contributed by atoms with Gasteiger partial charge in [-0.1, -0.05) is 13.8 Å². The monoisotopic (exact) mass is 280 g/mol. The van der Waals surface area contributed by atoms with Gasteiger partial charge in [-0.15, -0.1) is 11.3 Å². The van der Waals surface area contributed by atoms with Crippen molar-refractivity contribution in [3.05, 3.63) is 15.6 Å². The lowest BCUT2D eigenvalue weighted by Crippen LogP contribution is -2.43. The number of hydrogen-bond acceptors (Lipinski definition) is 4. The number of thiazole rings is 1. The number of hydrogen-bond donors (Lipinski definition) is 1. The lowest BCUT2D eigenvalue weighted by Gasteiger charge is -2.36. The Morgan fingerprint density at radius 3 is 2.74 bits per heavy atom. The minimum atomic E-state index is -0.249. The Hall–Kier alpha value is -0.740. The molecule has 3 nitrogen and oxygen atoms in total. The summed E-state index contributed by atoms with van der Waals surface area (Å²) in [4.78, 5) is 18.3. The highest BCUT2D eigenvalue weighted by Gasteiger charge is 2.37. The molecule has 2 rings (SSSR count). The summed E-state index contributed by atoms with van der Waals surface area (Å²) in [6.07, 6.45) is 2.82. The first-order chi connectivity index (χ1) is 8.91. The van der Waals surface area contributed by atoms with Crippen LogP contribution < -0.4 is 5.32 Å². The highest BCUT2D eigenvalue weighted by atomic mass is 32.1. The van der Waals surface area contributed by atoms with E-state index in [4.69, 9.17) is 0 Å². The maximum Gasteiger partial charge on any atom is 0.145 e. The summed E-state index contributed by atoms with van der Waals surface area (Å²) in [6, 6.07) is 0. The van der Waals surface area contributed by atoms with Gasteiger partial charge in [0.25, 0.3) is 0 Å². The van der Waals surface area contributed by atoms with Crippen LogP contribution in [-0.2, 0) is 11.2 Å². The molecule has 0 spiro atoms. The third-order valence-corrected chi connectivity index (χ3v) is 5.49. The van der Waals surface area contributed by atoms with Gasteiger partial charge >= 0.3 is 0 Å². The van der Waals surface area contributed by atoms with Crippen molar-refractivity contribution in [2.75, 3.05) is 13.1 Å². The summed E-state index contributed by atoms with van der Waals surface area (Å²) in [5.74, 6) is 0.783. The van der Waals surface area contributed by atoms with Crippen LogP contribution in [-0.4, -0.2) is 23.9 Å². The Morgan fingerprint density at radius 2 is 2.21 bits per heavy atom. The first-order valence-electron chi connectivity index (χ1n) is 7.08. The average molecular weight is 280 g/mol. The molecule has 1 aliphatic heterocycles. The van der Waals surface area contributed by atoms with Gasteiger partial charge in [-0.2, -0.15) is 0 Å². The lowest BCUT2D eigenvalue weighted by molar-refractivity contribution is -0.129. The van der Waals surface area contributed by atoms with Gasteiger partial charge in [-0.05, 0) is 45.7 Å². The van der Waals surface area contributed by atoms with Crippen molar-refractivity contribution < 1.29 is 4.79 Å². The van der Waals surface area contributed by atoms with Gasteiger partial charge < -0.3 is 5.32 Å². The molecule has 0 aromatic carbocycles. The van der Waals surface area contributed by atoms with Crippen LogP contribution in [0.5, 0.6) is 0 Å². The summed E-state index contributed by atoms with van der Waals surface area (Å²) in [5.41, 5.74) is 0.811. The van der Waals surface area contributed by atoms with Crippen LogP contribution >= 0.6 is 11.3 Å².